The molecule has 2 aromatic rings. The van der Waals surface area contributed by atoms with Gasteiger partial charge in [0.1, 0.15) is 19.0 Å². The molecule has 0 radical (unpaired) electrons. The molecule has 0 saturated carbocycles. The largest absolute Gasteiger partial charge is 0.491 e. The first-order valence-corrected chi connectivity index (χ1v) is 9.52. The van der Waals surface area contributed by atoms with Crippen LogP contribution in [0.4, 0.5) is 0 Å². The van der Waals surface area contributed by atoms with E-state index in [2.05, 4.69) is 57.2 Å². The summed E-state index contributed by atoms with van der Waals surface area (Å²) >= 11 is 0. The minimum absolute atomic E-state index is 0.101. The molecule has 0 atom stereocenters. The van der Waals surface area contributed by atoms with Crippen LogP contribution in [-0.2, 0) is 14.9 Å². The molecule has 0 aromatic heterocycles. The quantitative estimate of drug-likeness (QED) is 0.591. The van der Waals surface area contributed by atoms with E-state index in [1.54, 1.807) is 0 Å². The zero-order chi connectivity index (χ0) is 20.1. The molecule has 27 heavy (non-hydrogen) atoms. The first-order valence-electron chi connectivity index (χ1n) is 9.52. The molecule has 146 valence electrons. The monoisotopic (exact) mass is 368 g/mol. The van der Waals surface area contributed by atoms with E-state index in [4.69, 9.17) is 9.47 Å². The Balaban J connectivity index is 1.82. The zero-order valence-electron chi connectivity index (χ0n) is 17.5. The van der Waals surface area contributed by atoms with Gasteiger partial charge in [0.15, 0.2) is 5.78 Å². The Morgan fingerprint density at radius 1 is 0.778 bits per heavy atom. The number of rotatable bonds is 7. The second-order valence-electron chi connectivity index (χ2n) is 8.93. The number of carbonyl (C=O) groups excluding carboxylic acids is 1. The van der Waals surface area contributed by atoms with Gasteiger partial charge < -0.3 is 9.47 Å². The van der Waals surface area contributed by atoms with Crippen molar-refractivity contribution in [1.82, 2.24) is 0 Å². The highest BCUT2D eigenvalue weighted by Gasteiger charge is 2.20. The van der Waals surface area contributed by atoms with E-state index in [-0.39, 0.29) is 23.2 Å². The Hall–Kier alpha value is -2.13. The van der Waals surface area contributed by atoms with Gasteiger partial charge in [-0.05, 0) is 34.2 Å². The van der Waals surface area contributed by atoms with E-state index < -0.39 is 0 Å². The highest BCUT2D eigenvalue weighted by atomic mass is 16.5. The third kappa shape index (κ3) is 6.51. The lowest BCUT2D eigenvalue weighted by atomic mass is 9.86. The Kier molecular flexibility index (Phi) is 6.83. The van der Waals surface area contributed by atoms with Crippen molar-refractivity contribution in [2.45, 2.75) is 47.0 Å². The molecular weight excluding hydrogens is 336 g/mol. The van der Waals surface area contributed by atoms with Crippen LogP contribution in [0.25, 0.3) is 11.1 Å². The van der Waals surface area contributed by atoms with Crippen LogP contribution in [0.2, 0.25) is 0 Å². The van der Waals surface area contributed by atoms with Crippen molar-refractivity contribution in [1.29, 1.82) is 0 Å². The Morgan fingerprint density at radius 2 is 1.30 bits per heavy atom. The minimum atomic E-state index is -0.359. The summed E-state index contributed by atoms with van der Waals surface area (Å²) in [4.78, 5) is 11.8. The maximum absolute atomic E-state index is 11.8. The number of ketones is 1. The summed E-state index contributed by atoms with van der Waals surface area (Å²) in [5.74, 6) is 0.903. The van der Waals surface area contributed by atoms with Gasteiger partial charge in [0, 0.05) is 5.41 Å². The molecular formula is C24H32O3. The lowest BCUT2D eigenvalue weighted by Crippen LogP contribution is -2.25. The van der Waals surface area contributed by atoms with Crippen LogP contribution in [0.1, 0.15) is 47.1 Å². The highest BCUT2D eigenvalue weighted by molar-refractivity contribution is 5.84. The second kappa shape index (κ2) is 8.71. The summed E-state index contributed by atoms with van der Waals surface area (Å²) in [6, 6.07) is 16.8. The SMILES string of the molecule is CC(C)(C)C(=O)COCCOc1ccc(-c2ccc(C(C)(C)C)cc2)cc1. The van der Waals surface area contributed by atoms with Crippen molar-refractivity contribution in [2.75, 3.05) is 19.8 Å². The fraction of sp³-hybridized carbons (Fsp3) is 0.458. The van der Waals surface area contributed by atoms with Crippen molar-refractivity contribution in [3.05, 3.63) is 54.1 Å². The number of Topliss-reactive ketones (excluding diaryl/α,β-unsaturated/α-hetero) is 1. The number of hydrogen-bond acceptors (Lipinski definition) is 3. The highest BCUT2D eigenvalue weighted by Crippen LogP contribution is 2.27. The van der Waals surface area contributed by atoms with Gasteiger partial charge >= 0.3 is 0 Å². The summed E-state index contributed by atoms with van der Waals surface area (Å²) in [7, 11) is 0. The third-order valence-corrected chi connectivity index (χ3v) is 4.50. The van der Waals surface area contributed by atoms with E-state index in [1.807, 2.05) is 32.9 Å². The van der Waals surface area contributed by atoms with Crippen LogP contribution in [0.15, 0.2) is 48.5 Å². The van der Waals surface area contributed by atoms with Crippen LogP contribution in [0.5, 0.6) is 5.75 Å². The first kappa shape index (κ1) is 21.2. The van der Waals surface area contributed by atoms with Gasteiger partial charge in [-0.1, -0.05) is 77.9 Å². The molecule has 0 bridgehead atoms. The van der Waals surface area contributed by atoms with E-state index in [0.717, 1.165) is 11.3 Å². The molecule has 0 unspecified atom stereocenters. The van der Waals surface area contributed by atoms with Gasteiger partial charge in [0.2, 0.25) is 0 Å². The molecule has 0 amide bonds. The smallest absolute Gasteiger partial charge is 0.163 e. The Labute approximate surface area is 163 Å². The topological polar surface area (TPSA) is 35.5 Å². The molecule has 3 heteroatoms. The van der Waals surface area contributed by atoms with Crippen molar-refractivity contribution >= 4 is 5.78 Å². The second-order valence-corrected chi connectivity index (χ2v) is 8.93. The molecule has 0 N–H and O–H groups in total. The lowest BCUT2D eigenvalue weighted by molar-refractivity contribution is -0.131. The molecule has 2 aromatic carbocycles. The van der Waals surface area contributed by atoms with Crippen molar-refractivity contribution in [3.8, 4) is 16.9 Å². The normalized spacial score (nSPS) is 12.1. The maximum Gasteiger partial charge on any atom is 0.163 e. The molecule has 0 saturated heterocycles. The average Bonchev–Trinajstić information content (AvgIpc) is 2.60. The summed E-state index contributed by atoms with van der Waals surface area (Å²) < 4.78 is 11.1. The molecule has 0 fully saturated rings. The first-order chi connectivity index (χ1) is 12.6. The molecule has 0 heterocycles. The number of ether oxygens (including phenoxy) is 2. The van der Waals surface area contributed by atoms with Crippen molar-refractivity contribution < 1.29 is 14.3 Å². The van der Waals surface area contributed by atoms with Crippen LogP contribution >= 0.6 is 0 Å². The standard InChI is InChI=1S/C24H32O3/c1-23(2,3)20-11-7-18(8-12-20)19-9-13-21(14-10-19)27-16-15-26-17-22(25)24(4,5)6/h7-14H,15-17H2,1-6H3. The van der Waals surface area contributed by atoms with Gasteiger partial charge in [0.05, 0.1) is 6.61 Å². The van der Waals surface area contributed by atoms with Crippen LogP contribution in [0, 0.1) is 5.41 Å². The van der Waals surface area contributed by atoms with Crippen LogP contribution in [0.3, 0.4) is 0 Å². The van der Waals surface area contributed by atoms with E-state index in [0.29, 0.717) is 13.2 Å². The van der Waals surface area contributed by atoms with E-state index in [1.165, 1.54) is 11.1 Å². The molecule has 0 spiro atoms. The fourth-order valence-electron chi connectivity index (χ4n) is 2.51. The molecule has 0 aliphatic rings. The molecule has 0 aliphatic heterocycles. The van der Waals surface area contributed by atoms with Gasteiger partial charge in [-0.2, -0.15) is 0 Å². The van der Waals surface area contributed by atoms with Gasteiger partial charge in [-0.15, -0.1) is 0 Å². The van der Waals surface area contributed by atoms with Crippen LogP contribution in [-0.4, -0.2) is 25.6 Å². The summed E-state index contributed by atoms with van der Waals surface area (Å²) in [6.07, 6.45) is 0. The third-order valence-electron chi connectivity index (χ3n) is 4.50. The summed E-state index contributed by atoms with van der Waals surface area (Å²) in [5, 5.41) is 0. The summed E-state index contributed by atoms with van der Waals surface area (Å²) in [6.45, 7) is 13.3. The van der Waals surface area contributed by atoms with Gasteiger partial charge in [-0.25, -0.2) is 0 Å². The summed E-state index contributed by atoms with van der Waals surface area (Å²) in [5.41, 5.74) is 3.49. The number of hydrogen-bond donors (Lipinski definition) is 0. The Bertz CT molecular complexity index is 729. The molecule has 3 nitrogen and oxygen atoms in total. The lowest BCUT2D eigenvalue weighted by Gasteiger charge is -2.19. The Morgan fingerprint density at radius 3 is 1.78 bits per heavy atom. The van der Waals surface area contributed by atoms with Crippen molar-refractivity contribution in [2.24, 2.45) is 5.41 Å². The minimum Gasteiger partial charge on any atom is -0.491 e. The molecule has 2 rings (SSSR count). The van der Waals surface area contributed by atoms with E-state index >= 15 is 0 Å². The predicted molar refractivity (Wildman–Crippen MR) is 111 cm³/mol. The van der Waals surface area contributed by atoms with Gasteiger partial charge in [-0.3, -0.25) is 4.79 Å². The van der Waals surface area contributed by atoms with Crippen LogP contribution < -0.4 is 4.74 Å². The van der Waals surface area contributed by atoms with Gasteiger partial charge in [0.25, 0.3) is 0 Å². The number of benzene rings is 2. The van der Waals surface area contributed by atoms with E-state index in [9.17, 15) is 4.79 Å². The fourth-order valence-corrected chi connectivity index (χ4v) is 2.51. The predicted octanol–water partition coefficient (Wildman–Crippen LogP) is 5.66. The maximum atomic E-state index is 11.8. The zero-order valence-corrected chi connectivity index (χ0v) is 17.5. The molecule has 0 aliphatic carbocycles. The number of carbonyl (C=O) groups is 1. The van der Waals surface area contributed by atoms with Crippen molar-refractivity contribution in [3.63, 3.8) is 0 Å². The average molecular weight is 369 g/mol.